The maximum atomic E-state index is 12.4. The van der Waals surface area contributed by atoms with Crippen molar-refractivity contribution in [1.29, 1.82) is 0 Å². The van der Waals surface area contributed by atoms with Gasteiger partial charge in [0, 0.05) is 37.6 Å². The molecule has 3 atom stereocenters. The van der Waals surface area contributed by atoms with E-state index in [1.54, 1.807) is 0 Å². The van der Waals surface area contributed by atoms with E-state index in [1.165, 1.54) is 19.3 Å². The highest BCUT2D eigenvalue weighted by molar-refractivity contribution is 5.74. The summed E-state index contributed by atoms with van der Waals surface area (Å²) < 4.78 is 5.78. The van der Waals surface area contributed by atoms with Crippen molar-refractivity contribution in [3.8, 4) is 0 Å². The Hall–Kier alpha value is -0.810. The number of hydrogen-bond acceptors (Lipinski definition) is 3. The van der Waals surface area contributed by atoms with E-state index in [-0.39, 0.29) is 29.7 Å². The molecule has 0 bridgehead atoms. The van der Waals surface area contributed by atoms with Gasteiger partial charge in [-0.3, -0.25) is 0 Å². The van der Waals surface area contributed by atoms with Crippen molar-refractivity contribution in [2.75, 3.05) is 19.7 Å². The lowest BCUT2D eigenvalue weighted by Crippen LogP contribution is -2.63. The Labute approximate surface area is 133 Å². The van der Waals surface area contributed by atoms with Crippen LogP contribution in [-0.2, 0) is 4.74 Å². The predicted molar refractivity (Wildman–Crippen MR) is 84.6 cm³/mol. The molecule has 126 valence electrons. The zero-order chi connectivity index (χ0) is 15.7. The number of aliphatic hydroxyl groups is 1. The third-order valence-corrected chi connectivity index (χ3v) is 6.30. The molecule has 0 radical (unpaired) electrons. The molecule has 0 aromatic carbocycles. The van der Waals surface area contributed by atoms with E-state index in [0.29, 0.717) is 12.5 Å². The number of rotatable bonds is 4. The lowest BCUT2D eigenvalue weighted by Gasteiger charge is -2.56. The molecule has 2 saturated carbocycles. The number of hydrogen-bond donors (Lipinski definition) is 2. The fourth-order valence-electron chi connectivity index (χ4n) is 4.29. The molecule has 22 heavy (non-hydrogen) atoms. The molecule has 3 rings (SSSR count). The van der Waals surface area contributed by atoms with Gasteiger partial charge in [0.25, 0.3) is 0 Å². The predicted octanol–water partition coefficient (Wildman–Crippen LogP) is 2.14. The van der Waals surface area contributed by atoms with E-state index in [2.05, 4.69) is 12.2 Å². The second-order valence-electron chi connectivity index (χ2n) is 7.34. The number of nitrogens with zero attached hydrogens (tertiary/aromatic N) is 1. The van der Waals surface area contributed by atoms with Crippen LogP contribution in [0.15, 0.2) is 0 Å². The van der Waals surface area contributed by atoms with Crippen LogP contribution in [0.5, 0.6) is 0 Å². The number of ether oxygens (including phenoxy) is 1. The Morgan fingerprint density at radius 2 is 2.09 bits per heavy atom. The van der Waals surface area contributed by atoms with Crippen molar-refractivity contribution < 1.29 is 14.6 Å². The van der Waals surface area contributed by atoms with Gasteiger partial charge >= 0.3 is 6.03 Å². The number of nitrogens with one attached hydrogen (secondary N) is 1. The van der Waals surface area contributed by atoms with E-state index in [4.69, 9.17) is 4.74 Å². The first-order valence-electron chi connectivity index (χ1n) is 8.92. The van der Waals surface area contributed by atoms with Gasteiger partial charge in [0.05, 0.1) is 12.2 Å². The molecule has 3 aliphatic rings. The van der Waals surface area contributed by atoms with Crippen LogP contribution in [-0.4, -0.2) is 54.0 Å². The van der Waals surface area contributed by atoms with Crippen LogP contribution in [0.4, 0.5) is 4.79 Å². The van der Waals surface area contributed by atoms with Gasteiger partial charge in [0.2, 0.25) is 0 Å². The topological polar surface area (TPSA) is 61.8 Å². The van der Waals surface area contributed by atoms with Crippen LogP contribution in [0.25, 0.3) is 0 Å². The molecule has 1 spiro atoms. The monoisotopic (exact) mass is 310 g/mol. The molecule has 2 amide bonds. The molecule has 5 nitrogen and oxygen atoms in total. The van der Waals surface area contributed by atoms with Crippen molar-refractivity contribution in [1.82, 2.24) is 10.2 Å². The summed E-state index contributed by atoms with van der Waals surface area (Å²) in [5.74, 6) is 0.663. The van der Waals surface area contributed by atoms with E-state index in [1.807, 2.05) is 11.8 Å². The van der Waals surface area contributed by atoms with Gasteiger partial charge in [0.1, 0.15) is 0 Å². The van der Waals surface area contributed by atoms with E-state index < -0.39 is 0 Å². The summed E-state index contributed by atoms with van der Waals surface area (Å²) in [5.41, 5.74) is -0.105. The summed E-state index contributed by atoms with van der Waals surface area (Å²) in [6.45, 7) is 6.27. The van der Waals surface area contributed by atoms with Gasteiger partial charge in [-0.15, -0.1) is 0 Å². The lowest BCUT2D eigenvalue weighted by molar-refractivity contribution is -0.207. The summed E-state index contributed by atoms with van der Waals surface area (Å²) in [6, 6.07) is 0.346. The molecule has 1 heterocycles. The highest BCUT2D eigenvalue weighted by Crippen LogP contribution is 2.50. The Bertz CT molecular complexity index is 401. The average molecular weight is 310 g/mol. The minimum atomic E-state index is -0.261. The Kier molecular flexibility index (Phi) is 4.64. The second-order valence-corrected chi connectivity index (χ2v) is 7.34. The number of urea groups is 1. The summed E-state index contributed by atoms with van der Waals surface area (Å²) in [7, 11) is 0. The molecule has 3 fully saturated rings. The first kappa shape index (κ1) is 16.1. The molecular weight excluding hydrogens is 280 g/mol. The van der Waals surface area contributed by atoms with Gasteiger partial charge in [-0.2, -0.15) is 0 Å². The molecule has 0 aromatic rings. The Morgan fingerprint density at radius 1 is 1.41 bits per heavy atom. The molecule has 2 N–H and O–H groups in total. The number of carbonyl (C=O) groups excluding carboxylic acids is 1. The summed E-state index contributed by atoms with van der Waals surface area (Å²) in [6.07, 6.45) is 6.15. The van der Waals surface area contributed by atoms with E-state index in [0.717, 1.165) is 32.4 Å². The fraction of sp³-hybridized carbons (Fsp3) is 0.941. The highest BCUT2D eigenvalue weighted by atomic mass is 16.5. The summed E-state index contributed by atoms with van der Waals surface area (Å²) in [5, 5.41) is 13.4. The summed E-state index contributed by atoms with van der Waals surface area (Å²) >= 11 is 0. The number of likely N-dealkylation sites (tertiary alicyclic amines) is 1. The van der Waals surface area contributed by atoms with Crippen molar-refractivity contribution in [3.63, 3.8) is 0 Å². The highest BCUT2D eigenvalue weighted by Gasteiger charge is 2.56. The normalized spacial score (nSPS) is 32.2. The van der Waals surface area contributed by atoms with E-state index in [9.17, 15) is 9.90 Å². The number of piperidine rings is 1. The molecule has 1 aliphatic heterocycles. The average Bonchev–Trinajstić information content (AvgIpc) is 2.45. The van der Waals surface area contributed by atoms with Crippen molar-refractivity contribution in [2.45, 2.75) is 70.6 Å². The molecule has 1 saturated heterocycles. The molecule has 5 heteroatoms. The largest absolute Gasteiger partial charge is 0.392 e. The van der Waals surface area contributed by atoms with Crippen molar-refractivity contribution in [2.24, 2.45) is 11.3 Å². The van der Waals surface area contributed by atoms with Crippen LogP contribution in [0, 0.1) is 11.3 Å². The second kappa shape index (κ2) is 6.36. The number of aliphatic hydroxyl groups excluding tert-OH is 1. The third kappa shape index (κ3) is 2.73. The van der Waals surface area contributed by atoms with Crippen molar-refractivity contribution >= 4 is 6.03 Å². The van der Waals surface area contributed by atoms with E-state index >= 15 is 0 Å². The minimum Gasteiger partial charge on any atom is -0.392 e. The maximum Gasteiger partial charge on any atom is 0.317 e. The van der Waals surface area contributed by atoms with Gasteiger partial charge < -0.3 is 20.1 Å². The van der Waals surface area contributed by atoms with Gasteiger partial charge in [0.15, 0.2) is 0 Å². The van der Waals surface area contributed by atoms with Crippen LogP contribution < -0.4 is 5.32 Å². The summed E-state index contributed by atoms with van der Waals surface area (Å²) in [4.78, 5) is 14.3. The quantitative estimate of drug-likeness (QED) is 0.836. The molecular formula is C17H30N2O3. The van der Waals surface area contributed by atoms with Gasteiger partial charge in [-0.1, -0.05) is 6.42 Å². The maximum absolute atomic E-state index is 12.4. The third-order valence-electron chi connectivity index (χ3n) is 6.30. The molecule has 0 unspecified atom stereocenters. The number of amides is 2. The number of carbonyl (C=O) groups is 1. The fourth-order valence-corrected chi connectivity index (χ4v) is 4.29. The Morgan fingerprint density at radius 3 is 2.59 bits per heavy atom. The first-order chi connectivity index (χ1) is 10.6. The standard InChI is InChI=1S/C17H30N2O3/c1-3-22-15-11-14(20)17(15)7-9-19(10-8-17)16(21)18-12(2)13-5-4-6-13/h12-15,20H,3-11H2,1-2H3,(H,18,21)/t12-,14+,15+/m0/s1. The SMILES string of the molecule is CCO[C@@H]1C[C@@H](O)C12CCN(C(=O)N[C@@H](C)C1CCC1)CC2. The van der Waals surface area contributed by atoms with Gasteiger partial charge in [-0.25, -0.2) is 4.79 Å². The van der Waals surface area contributed by atoms with Crippen LogP contribution in [0.2, 0.25) is 0 Å². The van der Waals surface area contributed by atoms with Crippen molar-refractivity contribution in [3.05, 3.63) is 0 Å². The Balaban J connectivity index is 1.49. The molecule has 0 aromatic heterocycles. The zero-order valence-corrected chi connectivity index (χ0v) is 13.9. The first-order valence-corrected chi connectivity index (χ1v) is 8.92. The smallest absolute Gasteiger partial charge is 0.317 e. The lowest BCUT2D eigenvalue weighted by atomic mass is 9.58. The van der Waals surface area contributed by atoms with Gasteiger partial charge in [-0.05, 0) is 45.4 Å². The zero-order valence-electron chi connectivity index (χ0n) is 13.9. The van der Waals surface area contributed by atoms with Crippen LogP contribution in [0.1, 0.15) is 52.4 Å². The minimum absolute atomic E-state index is 0.0658. The van der Waals surface area contributed by atoms with Crippen LogP contribution in [0.3, 0.4) is 0 Å². The van der Waals surface area contributed by atoms with Crippen LogP contribution >= 0.6 is 0 Å². The molecule has 2 aliphatic carbocycles.